The van der Waals surface area contributed by atoms with Crippen molar-refractivity contribution in [2.24, 2.45) is 5.84 Å². The van der Waals surface area contributed by atoms with E-state index in [9.17, 15) is 4.79 Å². The van der Waals surface area contributed by atoms with Crippen LogP contribution in [0.4, 0.5) is 0 Å². The minimum atomic E-state index is -0.275. The lowest BCUT2D eigenvalue weighted by Gasteiger charge is -2.20. The molecule has 0 aliphatic rings. The van der Waals surface area contributed by atoms with E-state index in [1.54, 1.807) is 6.07 Å². The molecular weight excluding hydrogens is 226 g/mol. The van der Waals surface area contributed by atoms with Gasteiger partial charge in [0.15, 0.2) is 0 Å². The zero-order valence-corrected chi connectivity index (χ0v) is 10.4. The van der Waals surface area contributed by atoms with Crippen molar-refractivity contribution in [2.75, 3.05) is 13.1 Å². The maximum absolute atomic E-state index is 11.6. The number of carbonyl (C=O) groups is 1. The number of hydrogen-bond acceptors (Lipinski definition) is 3. The molecule has 1 aromatic rings. The minimum Gasteiger partial charge on any atom is -0.292 e. The summed E-state index contributed by atoms with van der Waals surface area (Å²) < 4.78 is 0. The van der Waals surface area contributed by atoms with Crippen molar-refractivity contribution in [1.82, 2.24) is 10.3 Å². The Bertz CT molecular complexity index is 419. The Morgan fingerprint density at radius 2 is 1.89 bits per heavy atom. The molecule has 0 saturated heterocycles. The predicted octanol–water partition coefficient (Wildman–Crippen LogP) is 1.46. The molecule has 4 heteroatoms. The van der Waals surface area contributed by atoms with Crippen LogP contribution in [0.2, 0.25) is 0 Å². The molecule has 0 spiro atoms. The van der Waals surface area contributed by atoms with E-state index >= 15 is 0 Å². The molecule has 0 aromatic heterocycles. The van der Waals surface area contributed by atoms with Crippen LogP contribution in [0.3, 0.4) is 0 Å². The topological polar surface area (TPSA) is 58.4 Å². The molecule has 96 valence electrons. The van der Waals surface area contributed by atoms with Crippen LogP contribution >= 0.6 is 0 Å². The SMILES string of the molecule is C=CCN(CC=C)Cc1ccccc1C(=O)NN. The van der Waals surface area contributed by atoms with Gasteiger partial charge in [-0.2, -0.15) is 0 Å². The first-order valence-corrected chi connectivity index (χ1v) is 5.76. The van der Waals surface area contributed by atoms with E-state index in [1.165, 1.54) is 0 Å². The summed E-state index contributed by atoms with van der Waals surface area (Å²) in [5, 5.41) is 0. The lowest BCUT2D eigenvalue weighted by Crippen LogP contribution is -2.32. The number of hydrogen-bond donors (Lipinski definition) is 2. The van der Waals surface area contributed by atoms with E-state index < -0.39 is 0 Å². The van der Waals surface area contributed by atoms with E-state index in [2.05, 4.69) is 23.5 Å². The van der Waals surface area contributed by atoms with Gasteiger partial charge in [0.2, 0.25) is 0 Å². The monoisotopic (exact) mass is 245 g/mol. The first-order chi connectivity index (χ1) is 8.72. The minimum absolute atomic E-state index is 0.275. The van der Waals surface area contributed by atoms with Gasteiger partial charge in [0, 0.05) is 25.2 Å². The molecule has 18 heavy (non-hydrogen) atoms. The van der Waals surface area contributed by atoms with Crippen molar-refractivity contribution >= 4 is 5.91 Å². The number of nitrogens with zero attached hydrogens (tertiary/aromatic N) is 1. The van der Waals surface area contributed by atoms with Crippen LogP contribution in [-0.2, 0) is 6.54 Å². The molecule has 0 radical (unpaired) electrons. The molecular formula is C14H19N3O. The largest absolute Gasteiger partial charge is 0.292 e. The van der Waals surface area contributed by atoms with Gasteiger partial charge in [0.05, 0.1) is 0 Å². The Morgan fingerprint density at radius 1 is 1.28 bits per heavy atom. The lowest BCUT2D eigenvalue weighted by molar-refractivity contribution is 0.0952. The average Bonchev–Trinajstić information content (AvgIpc) is 2.39. The second kappa shape index (κ2) is 7.42. The zero-order valence-electron chi connectivity index (χ0n) is 10.4. The van der Waals surface area contributed by atoms with Crippen LogP contribution in [-0.4, -0.2) is 23.9 Å². The normalized spacial score (nSPS) is 10.1. The van der Waals surface area contributed by atoms with E-state index in [1.807, 2.05) is 30.4 Å². The number of nitrogen functional groups attached to an aromatic ring is 1. The van der Waals surface area contributed by atoms with Crippen LogP contribution in [0.15, 0.2) is 49.6 Å². The van der Waals surface area contributed by atoms with Gasteiger partial charge in [-0.05, 0) is 11.6 Å². The van der Waals surface area contributed by atoms with Gasteiger partial charge in [0.25, 0.3) is 5.91 Å². The Hall–Kier alpha value is -1.91. The second-order valence-electron chi connectivity index (χ2n) is 3.90. The zero-order chi connectivity index (χ0) is 13.4. The molecule has 0 aliphatic heterocycles. The Balaban J connectivity index is 2.90. The van der Waals surface area contributed by atoms with Gasteiger partial charge in [-0.3, -0.25) is 15.1 Å². The Labute approximate surface area is 108 Å². The molecule has 1 amide bonds. The summed E-state index contributed by atoms with van der Waals surface area (Å²) in [4.78, 5) is 13.8. The van der Waals surface area contributed by atoms with Gasteiger partial charge < -0.3 is 0 Å². The summed E-state index contributed by atoms with van der Waals surface area (Å²) >= 11 is 0. The predicted molar refractivity (Wildman–Crippen MR) is 73.8 cm³/mol. The third kappa shape index (κ3) is 3.84. The number of benzene rings is 1. The van der Waals surface area contributed by atoms with Crippen molar-refractivity contribution in [3.05, 3.63) is 60.7 Å². The number of amides is 1. The molecule has 4 nitrogen and oxygen atoms in total. The maximum Gasteiger partial charge on any atom is 0.265 e. The van der Waals surface area contributed by atoms with E-state index in [0.717, 1.165) is 18.7 Å². The van der Waals surface area contributed by atoms with Gasteiger partial charge >= 0.3 is 0 Å². The second-order valence-corrected chi connectivity index (χ2v) is 3.90. The molecule has 0 bridgehead atoms. The number of nitrogens with one attached hydrogen (secondary N) is 1. The summed E-state index contributed by atoms with van der Waals surface area (Å²) in [6.07, 6.45) is 3.66. The summed E-state index contributed by atoms with van der Waals surface area (Å²) in [7, 11) is 0. The Morgan fingerprint density at radius 3 is 2.44 bits per heavy atom. The van der Waals surface area contributed by atoms with Crippen LogP contribution in [0, 0.1) is 0 Å². The van der Waals surface area contributed by atoms with Gasteiger partial charge in [-0.25, -0.2) is 5.84 Å². The summed E-state index contributed by atoms with van der Waals surface area (Å²) in [5.74, 6) is 4.90. The molecule has 1 rings (SSSR count). The quantitative estimate of drug-likeness (QED) is 0.331. The number of rotatable bonds is 7. The molecule has 0 saturated carbocycles. The van der Waals surface area contributed by atoms with Crippen molar-refractivity contribution in [3.8, 4) is 0 Å². The fraction of sp³-hybridized carbons (Fsp3) is 0.214. The number of carbonyl (C=O) groups excluding carboxylic acids is 1. The number of nitrogens with two attached hydrogens (primary N) is 1. The molecule has 0 heterocycles. The summed E-state index contributed by atoms with van der Waals surface area (Å²) in [6, 6.07) is 7.41. The standard InChI is InChI=1S/C14H19N3O/c1-3-9-17(10-4-2)11-12-7-5-6-8-13(12)14(18)16-15/h3-8H,1-2,9-11,15H2,(H,16,18). The average molecular weight is 245 g/mol. The molecule has 0 unspecified atom stereocenters. The lowest BCUT2D eigenvalue weighted by atomic mass is 10.1. The van der Waals surface area contributed by atoms with E-state index in [4.69, 9.17) is 5.84 Å². The fourth-order valence-corrected chi connectivity index (χ4v) is 1.77. The van der Waals surface area contributed by atoms with Crippen LogP contribution in [0.1, 0.15) is 15.9 Å². The van der Waals surface area contributed by atoms with Crippen LogP contribution in [0.25, 0.3) is 0 Å². The van der Waals surface area contributed by atoms with E-state index in [0.29, 0.717) is 12.1 Å². The summed E-state index contributed by atoms with van der Waals surface area (Å²) in [6.45, 7) is 9.58. The highest BCUT2D eigenvalue weighted by Crippen LogP contribution is 2.11. The van der Waals surface area contributed by atoms with E-state index in [-0.39, 0.29) is 5.91 Å². The van der Waals surface area contributed by atoms with Crippen molar-refractivity contribution in [2.45, 2.75) is 6.54 Å². The third-order valence-corrected chi connectivity index (χ3v) is 2.56. The van der Waals surface area contributed by atoms with Crippen molar-refractivity contribution < 1.29 is 4.79 Å². The molecule has 1 aromatic carbocycles. The van der Waals surface area contributed by atoms with Crippen molar-refractivity contribution in [3.63, 3.8) is 0 Å². The highest BCUT2D eigenvalue weighted by Gasteiger charge is 2.11. The maximum atomic E-state index is 11.6. The summed E-state index contributed by atoms with van der Waals surface area (Å²) in [5.41, 5.74) is 3.69. The van der Waals surface area contributed by atoms with Crippen LogP contribution in [0.5, 0.6) is 0 Å². The van der Waals surface area contributed by atoms with Gasteiger partial charge in [-0.1, -0.05) is 30.4 Å². The number of hydrazine groups is 1. The van der Waals surface area contributed by atoms with Crippen molar-refractivity contribution in [1.29, 1.82) is 0 Å². The first kappa shape index (κ1) is 14.2. The smallest absolute Gasteiger partial charge is 0.265 e. The fourth-order valence-electron chi connectivity index (χ4n) is 1.77. The highest BCUT2D eigenvalue weighted by atomic mass is 16.2. The van der Waals surface area contributed by atoms with Crippen LogP contribution < -0.4 is 11.3 Å². The molecule has 3 N–H and O–H groups in total. The first-order valence-electron chi connectivity index (χ1n) is 5.76. The third-order valence-electron chi connectivity index (χ3n) is 2.56. The molecule has 0 fully saturated rings. The molecule has 0 aliphatic carbocycles. The van der Waals surface area contributed by atoms with Gasteiger partial charge in [0.1, 0.15) is 0 Å². The Kier molecular flexibility index (Phi) is 5.84. The molecule has 0 atom stereocenters. The highest BCUT2D eigenvalue weighted by molar-refractivity contribution is 5.95. The van der Waals surface area contributed by atoms with Gasteiger partial charge in [-0.15, -0.1) is 13.2 Å².